The van der Waals surface area contributed by atoms with E-state index < -0.39 is 9.84 Å². The number of piperidine rings is 1. The summed E-state index contributed by atoms with van der Waals surface area (Å²) in [7, 11) is -3.91. The number of benzene rings is 2. The van der Waals surface area contributed by atoms with Crippen molar-refractivity contribution in [2.24, 2.45) is 0 Å². The average Bonchev–Trinajstić information content (AvgIpc) is 3.42. The lowest BCUT2D eigenvalue weighted by Gasteiger charge is -2.30. The van der Waals surface area contributed by atoms with Crippen LogP contribution in [0.2, 0.25) is 0 Å². The van der Waals surface area contributed by atoms with Crippen molar-refractivity contribution in [3.63, 3.8) is 0 Å². The van der Waals surface area contributed by atoms with Crippen LogP contribution < -0.4 is 4.74 Å². The third-order valence-electron chi connectivity index (χ3n) is 5.95. The van der Waals surface area contributed by atoms with Crippen LogP contribution in [0.5, 0.6) is 5.88 Å². The lowest BCUT2D eigenvalue weighted by atomic mass is 10.1. The van der Waals surface area contributed by atoms with Gasteiger partial charge in [-0.15, -0.1) is 0 Å². The summed E-state index contributed by atoms with van der Waals surface area (Å²) in [4.78, 5) is 26.4. The molecule has 2 heterocycles. The molecule has 1 aromatic heterocycles. The number of sulfone groups is 1. The van der Waals surface area contributed by atoms with Gasteiger partial charge in [-0.05, 0) is 60.3 Å². The molecule has 12 heteroatoms. The molecule has 11 nitrogen and oxygen atoms in total. The van der Waals surface area contributed by atoms with E-state index in [1.54, 1.807) is 42.5 Å². The summed E-state index contributed by atoms with van der Waals surface area (Å²) in [5.41, 5.74) is 0.527. The van der Waals surface area contributed by atoms with E-state index in [1.807, 2.05) is 11.0 Å². The number of aromatic nitrogens is 2. The molecule has 0 unspecified atom stereocenters. The highest BCUT2D eigenvalue weighted by atomic mass is 32.2. The molecule has 0 bridgehead atoms. The van der Waals surface area contributed by atoms with E-state index in [-0.39, 0.29) is 53.6 Å². The molecule has 1 aliphatic rings. The maximum atomic E-state index is 12.7. The minimum absolute atomic E-state index is 0.0601. The van der Waals surface area contributed by atoms with Gasteiger partial charge in [-0.3, -0.25) is 9.69 Å². The number of rotatable bonds is 12. The van der Waals surface area contributed by atoms with Crippen molar-refractivity contribution in [3.05, 3.63) is 66.2 Å². The maximum Gasteiger partial charge on any atom is 0.338 e. The minimum Gasteiger partial charge on any atom is -0.473 e. The zero-order valence-electron chi connectivity index (χ0n) is 20.7. The summed E-state index contributed by atoms with van der Waals surface area (Å²) in [6.45, 7) is 1.80. The Kier molecular flexibility index (Phi) is 9.44. The molecular weight excluding hydrogens is 514 g/mol. The smallest absolute Gasteiger partial charge is 0.338 e. The van der Waals surface area contributed by atoms with Gasteiger partial charge >= 0.3 is 11.9 Å². The Morgan fingerprint density at radius 1 is 0.921 bits per heavy atom. The van der Waals surface area contributed by atoms with Crippen molar-refractivity contribution in [2.75, 3.05) is 32.8 Å². The van der Waals surface area contributed by atoms with Gasteiger partial charge in [-0.1, -0.05) is 36.4 Å². The first-order chi connectivity index (χ1) is 18.4. The summed E-state index contributed by atoms with van der Waals surface area (Å²) >= 11 is 0. The fraction of sp³-hybridized carbons (Fsp3) is 0.385. The van der Waals surface area contributed by atoms with Crippen LogP contribution in [0, 0.1) is 0 Å². The van der Waals surface area contributed by atoms with Crippen molar-refractivity contribution in [2.45, 2.75) is 41.7 Å². The molecule has 4 rings (SSSR count). The van der Waals surface area contributed by atoms with Gasteiger partial charge in [-0.2, -0.15) is 0 Å². The van der Waals surface area contributed by atoms with Crippen LogP contribution in [-0.2, 0) is 24.1 Å². The Hall–Kier alpha value is -3.77. The SMILES string of the molecule is O=C(CN1CCC(OC(=O)c2ccccc2)CC1)OCCCCOc1nonc1S(=O)(=O)c1ccccc1. The van der Waals surface area contributed by atoms with E-state index in [9.17, 15) is 18.0 Å². The second-order valence-electron chi connectivity index (χ2n) is 8.71. The Labute approximate surface area is 220 Å². The number of likely N-dealkylation sites (tertiary alicyclic amines) is 1. The average molecular weight is 544 g/mol. The number of ether oxygens (including phenoxy) is 3. The molecule has 202 valence electrons. The normalized spacial score (nSPS) is 14.6. The standard InChI is InChI=1S/C26H29N3O8S/c30-23(19-29-15-13-21(14-16-29)36-26(31)20-9-3-1-4-10-20)34-17-7-8-18-35-24-25(28-37-27-24)38(32,33)22-11-5-2-6-12-22/h1-6,9-12,21H,7-8,13-19H2. The summed E-state index contributed by atoms with van der Waals surface area (Å²) in [5.74, 6) is -0.868. The number of unbranched alkanes of at least 4 members (excludes halogenated alkanes) is 1. The van der Waals surface area contributed by atoms with Gasteiger partial charge in [0.25, 0.3) is 10.9 Å². The van der Waals surface area contributed by atoms with E-state index in [0.717, 1.165) is 0 Å². The highest BCUT2D eigenvalue weighted by Gasteiger charge is 2.28. The quantitative estimate of drug-likeness (QED) is 0.246. The number of hydrogen-bond donors (Lipinski definition) is 0. The third kappa shape index (κ3) is 7.39. The van der Waals surface area contributed by atoms with E-state index >= 15 is 0 Å². The van der Waals surface area contributed by atoms with Crippen LogP contribution in [0.4, 0.5) is 0 Å². The molecule has 0 N–H and O–H groups in total. The second-order valence-corrected chi connectivity index (χ2v) is 10.6. The summed E-state index contributed by atoms with van der Waals surface area (Å²) in [5, 5.41) is 6.66. The van der Waals surface area contributed by atoms with Gasteiger partial charge in [0.05, 0.1) is 30.2 Å². The molecular formula is C26H29N3O8S. The molecule has 0 radical (unpaired) electrons. The van der Waals surface area contributed by atoms with Crippen LogP contribution >= 0.6 is 0 Å². The molecule has 0 saturated carbocycles. The fourth-order valence-electron chi connectivity index (χ4n) is 3.90. The zero-order chi connectivity index (χ0) is 26.8. The highest BCUT2D eigenvalue weighted by molar-refractivity contribution is 7.91. The number of esters is 2. The van der Waals surface area contributed by atoms with Crippen molar-refractivity contribution < 1.29 is 36.8 Å². The zero-order valence-corrected chi connectivity index (χ0v) is 21.5. The predicted molar refractivity (Wildman–Crippen MR) is 133 cm³/mol. The van der Waals surface area contributed by atoms with Crippen LogP contribution in [0.1, 0.15) is 36.0 Å². The van der Waals surface area contributed by atoms with Crippen molar-refractivity contribution in [3.8, 4) is 5.88 Å². The first-order valence-electron chi connectivity index (χ1n) is 12.3. The Bertz CT molecular complexity index is 1290. The van der Waals surface area contributed by atoms with Gasteiger partial charge < -0.3 is 14.2 Å². The second kappa shape index (κ2) is 13.2. The van der Waals surface area contributed by atoms with Gasteiger partial charge in [0, 0.05) is 13.1 Å². The van der Waals surface area contributed by atoms with Crippen LogP contribution in [0.15, 0.2) is 75.2 Å². The van der Waals surface area contributed by atoms with E-state index in [1.165, 1.54) is 12.1 Å². The molecule has 0 spiro atoms. The Morgan fingerprint density at radius 3 is 2.29 bits per heavy atom. The van der Waals surface area contributed by atoms with E-state index in [4.69, 9.17) is 14.2 Å². The topological polar surface area (TPSA) is 138 Å². The third-order valence-corrected chi connectivity index (χ3v) is 7.60. The molecule has 1 saturated heterocycles. The molecule has 0 aliphatic carbocycles. The van der Waals surface area contributed by atoms with Crippen molar-refractivity contribution in [1.29, 1.82) is 0 Å². The summed E-state index contributed by atoms with van der Waals surface area (Å²) < 4.78 is 46.3. The molecule has 2 aromatic carbocycles. The van der Waals surface area contributed by atoms with E-state index in [2.05, 4.69) is 14.9 Å². The summed E-state index contributed by atoms with van der Waals surface area (Å²) in [6.07, 6.45) is 2.17. The molecule has 3 aromatic rings. The predicted octanol–water partition coefficient (Wildman–Crippen LogP) is 2.93. The fourth-order valence-corrected chi connectivity index (χ4v) is 5.10. The van der Waals surface area contributed by atoms with Crippen LogP contribution in [0.25, 0.3) is 0 Å². The highest BCUT2D eigenvalue weighted by Crippen LogP contribution is 2.26. The largest absolute Gasteiger partial charge is 0.473 e. The van der Waals surface area contributed by atoms with Crippen LogP contribution in [-0.4, -0.2) is 74.5 Å². The molecule has 1 aliphatic heterocycles. The monoisotopic (exact) mass is 543 g/mol. The van der Waals surface area contributed by atoms with E-state index in [0.29, 0.717) is 44.3 Å². The number of carbonyl (C=O) groups is 2. The minimum atomic E-state index is -3.91. The van der Waals surface area contributed by atoms with Crippen molar-refractivity contribution in [1.82, 2.24) is 15.2 Å². The van der Waals surface area contributed by atoms with Crippen LogP contribution in [0.3, 0.4) is 0 Å². The molecule has 1 fully saturated rings. The Balaban J connectivity index is 1.10. The van der Waals surface area contributed by atoms with Gasteiger partial charge in [0.2, 0.25) is 9.84 Å². The number of hydrogen-bond acceptors (Lipinski definition) is 11. The number of carbonyl (C=O) groups excluding carboxylic acids is 2. The maximum absolute atomic E-state index is 12.7. The van der Waals surface area contributed by atoms with Crippen molar-refractivity contribution >= 4 is 21.8 Å². The Morgan fingerprint density at radius 2 is 1.58 bits per heavy atom. The first-order valence-corrected chi connectivity index (χ1v) is 13.8. The lowest BCUT2D eigenvalue weighted by Crippen LogP contribution is -2.41. The molecule has 0 amide bonds. The van der Waals surface area contributed by atoms with Gasteiger partial charge in [0.1, 0.15) is 6.10 Å². The summed E-state index contributed by atoms with van der Waals surface area (Å²) in [6, 6.07) is 16.7. The first kappa shape index (κ1) is 27.3. The van der Waals surface area contributed by atoms with Gasteiger partial charge in [0.15, 0.2) is 0 Å². The molecule has 0 atom stereocenters. The van der Waals surface area contributed by atoms with Gasteiger partial charge in [-0.25, -0.2) is 17.8 Å². The number of nitrogens with zero attached hydrogens (tertiary/aromatic N) is 3. The molecule has 38 heavy (non-hydrogen) atoms. The lowest BCUT2D eigenvalue weighted by molar-refractivity contribution is -0.145.